The van der Waals surface area contributed by atoms with E-state index < -0.39 is 0 Å². The van der Waals surface area contributed by atoms with Crippen molar-refractivity contribution in [2.45, 2.75) is 45.6 Å². The number of rotatable bonds is 4. The van der Waals surface area contributed by atoms with Gasteiger partial charge in [0, 0.05) is 29.8 Å². The Bertz CT molecular complexity index is 474. The first-order valence-corrected chi connectivity index (χ1v) is 9.31. The van der Waals surface area contributed by atoms with Crippen LogP contribution in [0, 0.1) is 11.8 Å². The molecule has 2 nitrogen and oxygen atoms in total. The average molecular weight is 351 g/mol. The highest BCUT2D eigenvalue weighted by atomic mass is 79.9. The molecule has 0 spiro atoms. The molecule has 1 aromatic carbocycles. The van der Waals surface area contributed by atoms with Crippen molar-refractivity contribution in [3.05, 3.63) is 28.2 Å². The number of nitrogens with one attached hydrogen (secondary N) is 1. The number of fused-ring (bicyclic) bond motifs is 1. The van der Waals surface area contributed by atoms with Gasteiger partial charge < -0.3 is 10.2 Å². The molecule has 1 aliphatic heterocycles. The first kappa shape index (κ1) is 15.4. The molecule has 2 aliphatic rings. The van der Waals surface area contributed by atoms with E-state index in [0.717, 1.165) is 24.9 Å². The minimum atomic E-state index is 0.933. The van der Waals surface area contributed by atoms with Gasteiger partial charge >= 0.3 is 0 Å². The Morgan fingerprint density at radius 1 is 1.19 bits per heavy atom. The van der Waals surface area contributed by atoms with Crippen LogP contribution < -0.4 is 10.2 Å². The molecule has 1 aromatic rings. The molecule has 0 aromatic heterocycles. The van der Waals surface area contributed by atoms with Crippen molar-refractivity contribution in [2.75, 3.05) is 24.5 Å². The summed E-state index contributed by atoms with van der Waals surface area (Å²) in [7, 11) is 0. The SMILES string of the molecule is CCNCc1cc(Br)ccc1N1CCC2CCCCC2C1. The molecular weight excluding hydrogens is 324 g/mol. The molecule has 0 amide bonds. The third-order valence-electron chi connectivity index (χ3n) is 5.24. The summed E-state index contributed by atoms with van der Waals surface area (Å²) in [4.78, 5) is 2.64. The van der Waals surface area contributed by atoms with Crippen molar-refractivity contribution < 1.29 is 0 Å². The molecule has 1 N–H and O–H groups in total. The Morgan fingerprint density at radius 3 is 2.81 bits per heavy atom. The summed E-state index contributed by atoms with van der Waals surface area (Å²) >= 11 is 3.62. The van der Waals surface area contributed by atoms with E-state index in [1.54, 1.807) is 0 Å². The van der Waals surface area contributed by atoms with E-state index in [9.17, 15) is 0 Å². The molecule has 1 heterocycles. The predicted molar refractivity (Wildman–Crippen MR) is 93.8 cm³/mol. The summed E-state index contributed by atoms with van der Waals surface area (Å²) in [6, 6.07) is 6.78. The first-order valence-electron chi connectivity index (χ1n) is 8.52. The summed E-state index contributed by atoms with van der Waals surface area (Å²) in [6.07, 6.45) is 7.22. The number of hydrogen-bond acceptors (Lipinski definition) is 2. The monoisotopic (exact) mass is 350 g/mol. The maximum atomic E-state index is 3.62. The normalized spacial score (nSPS) is 25.7. The minimum absolute atomic E-state index is 0.933. The van der Waals surface area contributed by atoms with E-state index >= 15 is 0 Å². The summed E-state index contributed by atoms with van der Waals surface area (Å²) in [6.45, 7) is 6.67. The molecule has 1 aliphatic carbocycles. The smallest absolute Gasteiger partial charge is 0.0412 e. The molecule has 116 valence electrons. The van der Waals surface area contributed by atoms with E-state index in [1.807, 2.05) is 0 Å². The largest absolute Gasteiger partial charge is 0.371 e. The molecule has 2 unspecified atom stereocenters. The van der Waals surface area contributed by atoms with Crippen molar-refractivity contribution in [3.8, 4) is 0 Å². The van der Waals surface area contributed by atoms with Crippen LogP contribution in [0.3, 0.4) is 0 Å². The second-order valence-corrected chi connectivity index (χ2v) is 7.51. The van der Waals surface area contributed by atoms with Crippen LogP contribution in [0.25, 0.3) is 0 Å². The highest BCUT2D eigenvalue weighted by Gasteiger charge is 2.31. The number of halogens is 1. The lowest BCUT2D eigenvalue weighted by Gasteiger charge is -2.43. The van der Waals surface area contributed by atoms with Gasteiger partial charge in [0.05, 0.1) is 0 Å². The number of hydrogen-bond donors (Lipinski definition) is 1. The average Bonchev–Trinajstić information content (AvgIpc) is 2.52. The molecule has 2 atom stereocenters. The standard InChI is InChI=1S/C18H27BrN2/c1-2-20-12-16-11-17(19)7-8-18(16)21-10-9-14-5-3-4-6-15(14)13-21/h7-8,11,14-15,20H,2-6,9-10,12-13H2,1H3. The lowest BCUT2D eigenvalue weighted by molar-refractivity contribution is 0.202. The van der Waals surface area contributed by atoms with Gasteiger partial charge in [-0.15, -0.1) is 0 Å². The number of piperidine rings is 1. The van der Waals surface area contributed by atoms with Gasteiger partial charge in [-0.2, -0.15) is 0 Å². The Balaban J connectivity index is 1.76. The lowest BCUT2D eigenvalue weighted by Crippen LogP contribution is -2.42. The topological polar surface area (TPSA) is 15.3 Å². The van der Waals surface area contributed by atoms with Crippen LogP contribution in [-0.2, 0) is 6.54 Å². The van der Waals surface area contributed by atoms with Crippen molar-refractivity contribution in [1.82, 2.24) is 5.32 Å². The van der Waals surface area contributed by atoms with Crippen molar-refractivity contribution in [2.24, 2.45) is 11.8 Å². The van der Waals surface area contributed by atoms with Gasteiger partial charge in [-0.1, -0.05) is 42.1 Å². The highest BCUT2D eigenvalue weighted by Crippen LogP contribution is 2.38. The molecule has 3 heteroatoms. The zero-order chi connectivity index (χ0) is 14.7. The Hall–Kier alpha value is -0.540. The van der Waals surface area contributed by atoms with Crippen molar-refractivity contribution in [3.63, 3.8) is 0 Å². The van der Waals surface area contributed by atoms with Crippen LogP contribution in [-0.4, -0.2) is 19.6 Å². The van der Waals surface area contributed by atoms with Crippen LogP contribution in [0.1, 0.15) is 44.6 Å². The van der Waals surface area contributed by atoms with Crippen LogP contribution in [0.4, 0.5) is 5.69 Å². The fourth-order valence-corrected chi connectivity index (χ4v) is 4.49. The van der Waals surface area contributed by atoms with Gasteiger partial charge in [-0.3, -0.25) is 0 Å². The van der Waals surface area contributed by atoms with Crippen molar-refractivity contribution in [1.29, 1.82) is 0 Å². The Labute approximate surface area is 137 Å². The minimum Gasteiger partial charge on any atom is -0.371 e. The van der Waals surface area contributed by atoms with Crippen molar-refractivity contribution >= 4 is 21.6 Å². The Morgan fingerprint density at radius 2 is 2.00 bits per heavy atom. The second kappa shape index (κ2) is 7.15. The van der Waals surface area contributed by atoms with Gasteiger partial charge in [0.25, 0.3) is 0 Å². The van der Waals surface area contributed by atoms with Gasteiger partial charge in [0.15, 0.2) is 0 Å². The van der Waals surface area contributed by atoms with Gasteiger partial charge in [0.1, 0.15) is 0 Å². The predicted octanol–water partition coefficient (Wildman–Crippen LogP) is 4.58. The molecular formula is C18H27BrN2. The number of nitrogens with zero attached hydrogens (tertiary/aromatic N) is 1. The zero-order valence-corrected chi connectivity index (χ0v) is 14.7. The number of anilines is 1. The third kappa shape index (κ3) is 3.62. The third-order valence-corrected chi connectivity index (χ3v) is 5.73. The zero-order valence-electron chi connectivity index (χ0n) is 13.1. The lowest BCUT2D eigenvalue weighted by atomic mass is 9.75. The number of benzene rings is 1. The van der Waals surface area contributed by atoms with E-state index in [0.29, 0.717) is 0 Å². The molecule has 1 saturated heterocycles. The maximum absolute atomic E-state index is 3.62. The molecule has 3 rings (SSSR count). The molecule has 1 saturated carbocycles. The molecule has 0 radical (unpaired) electrons. The van der Waals surface area contributed by atoms with Crippen LogP contribution in [0.15, 0.2) is 22.7 Å². The highest BCUT2D eigenvalue weighted by molar-refractivity contribution is 9.10. The summed E-state index contributed by atoms with van der Waals surface area (Å²) in [5, 5.41) is 3.48. The van der Waals surface area contributed by atoms with Crippen LogP contribution >= 0.6 is 15.9 Å². The van der Waals surface area contributed by atoms with Crippen LogP contribution in [0.5, 0.6) is 0 Å². The van der Waals surface area contributed by atoms with E-state index in [4.69, 9.17) is 0 Å². The van der Waals surface area contributed by atoms with E-state index in [1.165, 1.54) is 60.9 Å². The fraction of sp³-hybridized carbons (Fsp3) is 0.667. The first-order chi connectivity index (χ1) is 10.3. The molecule has 2 fully saturated rings. The quantitative estimate of drug-likeness (QED) is 0.855. The molecule has 21 heavy (non-hydrogen) atoms. The van der Waals surface area contributed by atoms with Gasteiger partial charge in [-0.05, 0) is 55.0 Å². The van der Waals surface area contributed by atoms with Crippen LogP contribution in [0.2, 0.25) is 0 Å². The fourth-order valence-electron chi connectivity index (χ4n) is 4.08. The Kier molecular flexibility index (Phi) is 5.23. The summed E-state index contributed by atoms with van der Waals surface area (Å²) in [5.74, 6) is 1.94. The molecule has 0 bridgehead atoms. The van der Waals surface area contributed by atoms with E-state index in [-0.39, 0.29) is 0 Å². The van der Waals surface area contributed by atoms with Gasteiger partial charge in [-0.25, -0.2) is 0 Å². The maximum Gasteiger partial charge on any atom is 0.0412 e. The summed E-state index contributed by atoms with van der Waals surface area (Å²) in [5.41, 5.74) is 2.88. The van der Waals surface area contributed by atoms with E-state index in [2.05, 4.69) is 51.3 Å². The van der Waals surface area contributed by atoms with Gasteiger partial charge in [0.2, 0.25) is 0 Å². The summed E-state index contributed by atoms with van der Waals surface area (Å²) < 4.78 is 1.19. The second-order valence-electron chi connectivity index (χ2n) is 6.59.